The topological polar surface area (TPSA) is 141 Å². The molecule has 2 bridgehead atoms. The minimum Gasteiger partial charge on any atom is -0.489 e. The number of carboxylic acid groups (broad SMARTS) is 1. The summed E-state index contributed by atoms with van der Waals surface area (Å²) in [4.78, 5) is 13.5. The first-order valence-electron chi connectivity index (χ1n) is 15.9. The van der Waals surface area contributed by atoms with E-state index in [1.165, 1.54) is 31.4 Å². The number of alkyl halides is 3. The number of sulfone groups is 1. The molecule has 0 atom stereocenters. The fourth-order valence-electron chi connectivity index (χ4n) is 6.25. The van der Waals surface area contributed by atoms with E-state index in [0.717, 1.165) is 31.9 Å². The number of carbonyl (C=O) groups is 1. The van der Waals surface area contributed by atoms with Crippen molar-refractivity contribution >= 4 is 27.3 Å². The SMILES string of the molecule is CC(C)Oc1cc(N2CCS(=O)(=O)CC2)ccc1-n1nc(NCC23CCN(CC2)CC3)cc1-c1ccc(C#N)c(F)c1.O=C(O)C(F)(F)F. The Morgan fingerprint density at radius 3 is 2.24 bits per heavy atom. The lowest BCUT2D eigenvalue weighted by Crippen LogP contribution is -2.50. The summed E-state index contributed by atoms with van der Waals surface area (Å²) in [5, 5.41) is 24.9. The van der Waals surface area contributed by atoms with Crippen molar-refractivity contribution in [2.45, 2.75) is 45.4 Å². The quantitative estimate of drug-likeness (QED) is 0.304. The van der Waals surface area contributed by atoms with Crippen LogP contribution in [0, 0.1) is 22.6 Å². The third-order valence-electron chi connectivity index (χ3n) is 9.10. The molecule has 3 aromatic rings. The molecule has 7 rings (SSSR count). The maximum atomic E-state index is 14.8. The minimum absolute atomic E-state index is 0.0115. The van der Waals surface area contributed by atoms with Crippen molar-refractivity contribution in [3.8, 4) is 28.8 Å². The summed E-state index contributed by atoms with van der Waals surface area (Å²) in [7, 11) is -3.01. The highest BCUT2D eigenvalue weighted by molar-refractivity contribution is 7.91. The second-order valence-electron chi connectivity index (χ2n) is 12.8. The van der Waals surface area contributed by atoms with Gasteiger partial charge in [-0.1, -0.05) is 6.07 Å². The molecule has 11 nitrogen and oxygen atoms in total. The molecule has 4 aliphatic heterocycles. The molecule has 4 fully saturated rings. The van der Waals surface area contributed by atoms with Crippen LogP contribution in [0.1, 0.15) is 38.7 Å². The molecule has 264 valence electrons. The lowest BCUT2D eigenvalue weighted by Gasteiger charge is -2.48. The second kappa shape index (κ2) is 14.2. The monoisotopic (exact) mass is 706 g/mol. The van der Waals surface area contributed by atoms with Crippen LogP contribution in [-0.2, 0) is 14.6 Å². The number of rotatable bonds is 8. The van der Waals surface area contributed by atoms with Crippen LogP contribution in [-0.4, -0.2) is 97.2 Å². The number of hydrogen-bond acceptors (Lipinski definition) is 9. The fourth-order valence-corrected chi connectivity index (χ4v) is 7.46. The van der Waals surface area contributed by atoms with Gasteiger partial charge in [-0.05, 0) is 82.4 Å². The molecule has 0 radical (unpaired) electrons. The fraction of sp³-hybridized carbons (Fsp3) is 0.485. The van der Waals surface area contributed by atoms with Gasteiger partial charge in [0, 0.05) is 43.0 Å². The molecule has 0 spiro atoms. The Morgan fingerprint density at radius 1 is 1.06 bits per heavy atom. The molecule has 49 heavy (non-hydrogen) atoms. The van der Waals surface area contributed by atoms with Crippen molar-refractivity contribution in [3.05, 3.63) is 53.8 Å². The van der Waals surface area contributed by atoms with Gasteiger partial charge in [-0.3, -0.25) is 0 Å². The lowest BCUT2D eigenvalue weighted by atomic mass is 9.72. The molecule has 4 aliphatic rings. The first-order chi connectivity index (χ1) is 23.1. The van der Waals surface area contributed by atoms with E-state index in [1.54, 1.807) is 10.7 Å². The zero-order valence-corrected chi connectivity index (χ0v) is 27.9. The Hall–Kier alpha value is -4.36. The van der Waals surface area contributed by atoms with Crippen LogP contribution in [0.15, 0.2) is 42.5 Å². The number of benzene rings is 2. The van der Waals surface area contributed by atoms with Crippen molar-refractivity contribution in [3.63, 3.8) is 0 Å². The first kappa shape index (κ1) is 35.9. The van der Waals surface area contributed by atoms with E-state index >= 15 is 0 Å². The van der Waals surface area contributed by atoms with Crippen molar-refractivity contribution < 1.29 is 40.6 Å². The third kappa shape index (κ3) is 8.63. The molecule has 4 saturated heterocycles. The summed E-state index contributed by atoms with van der Waals surface area (Å²) in [6.07, 6.45) is -1.71. The van der Waals surface area contributed by atoms with E-state index in [1.807, 2.05) is 44.2 Å². The number of ether oxygens (including phenoxy) is 1. The smallest absolute Gasteiger partial charge is 0.489 e. The number of anilines is 2. The van der Waals surface area contributed by atoms with Gasteiger partial charge in [0.25, 0.3) is 0 Å². The van der Waals surface area contributed by atoms with Crippen LogP contribution >= 0.6 is 0 Å². The number of aliphatic carboxylic acids is 1. The zero-order valence-electron chi connectivity index (χ0n) is 27.1. The summed E-state index contributed by atoms with van der Waals surface area (Å²) in [6.45, 7) is 8.98. The van der Waals surface area contributed by atoms with Crippen LogP contribution in [0.3, 0.4) is 0 Å². The van der Waals surface area contributed by atoms with E-state index in [0.29, 0.717) is 41.6 Å². The Morgan fingerprint density at radius 2 is 1.69 bits per heavy atom. The van der Waals surface area contributed by atoms with E-state index in [2.05, 4.69) is 15.1 Å². The third-order valence-corrected chi connectivity index (χ3v) is 10.7. The number of nitriles is 1. The predicted molar refractivity (Wildman–Crippen MR) is 175 cm³/mol. The van der Waals surface area contributed by atoms with Crippen LogP contribution in [0.2, 0.25) is 0 Å². The highest BCUT2D eigenvalue weighted by Crippen LogP contribution is 2.41. The number of aromatic nitrogens is 2. The molecule has 1 aromatic heterocycles. The van der Waals surface area contributed by atoms with Crippen molar-refractivity contribution in [1.29, 1.82) is 5.26 Å². The van der Waals surface area contributed by atoms with Gasteiger partial charge in [0.15, 0.2) is 9.84 Å². The number of piperidine rings is 3. The van der Waals surface area contributed by atoms with Gasteiger partial charge in [0.2, 0.25) is 0 Å². The van der Waals surface area contributed by atoms with Gasteiger partial charge < -0.3 is 25.0 Å². The number of fused-ring (bicyclic) bond motifs is 3. The number of nitrogens with zero attached hydrogens (tertiary/aromatic N) is 5. The Labute approximate surface area is 282 Å². The molecule has 0 aliphatic carbocycles. The van der Waals surface area contributed by atoms with Gasteiger partial charge in [0.1, 0.15) is 29.1 Å². The van der Waals surface area contributed by atoms with E-state index < -0.39 is 27.8 Å². The summed E-state index contributed by atoms with van der Waals surface area (Å²) in [6, 6.07) is 14.2. The van der Waals surface area contributed by atoms with Crippen LogP contribution in [0.4, 0.5) is 29.1 Å². The van der Waals surface area contributed by atoms with E-state index in [9.17, 15) is 31.2 Å². The minimum atomic E-state index is -5.08. The average molecular weight is 707 g/mol. The molecule has 5 heterocycles. The van der Waals surface area contributed by atoms with Crippen molar-refractivity contribution in [2.24, 2.45) is 5.41 Å². The van der Waals surface area contributed by atoms with Gasteiger partial charge >= 0.3 is 12.1 Å². The molecule has 16 heteroatoms. The number of halogens is 4. The lowest BCUT2D eigenvalue weighted by molar-refractivity contribution is -0.192. The first-order valence-corrected chi connectivity index (χ1v) is 17.7. The summed E-state index contributed by atoms with van der Waals surface area (Å²) in [5.41, 5.74) is 3.08. The Bertz CT molecular complexity index is 1800. The van der Waals surface area contributed by atoms with Crippen LogP contribution in [0.5, 0.6) is 5.75 Å². The highest BCUT2D eigenvalue weighted by Gasteiger charge is 2.39. The van der Waals surface area contributed by atoms with Gasteiger partial charge in [-0.15, -0.1) is 5.10 Å². The van der Waals surface area contributed by atoms with Gasteiger partial charge in [0.05, 0.1) is 28.9 Å². The number of carboxylic acids is 1. The largest absolute Gasteiger partial charge is 0.490 e. The number of hydrogen-bond donors (Lipinski definition) is 2. The van der Waals surface area contributed by atoms with Crippen LogP contribution < -0.4 is 15.0 Å². The Balaban J connectivity index is 0.000000606. The second-order valence-corrected chi connectivity index (χ2v) is 15.1. The molecule has 0 amide bonds. The molecular formula is C33H38F4N6O5S. The molecule has 0 unspecified atom stereocenters. The standard InChI is InChI=1S/C31H37FN6O3S.C2HF3O2/c1-22(2)41-29-18-25(37-13-15-42(39,40)16-14-37)5-6-27(29)38-28(23-3-4-24(20-33)26(32)17-23)19-30(35-38)34-21-31-7-10-36(11-8-31)12-9-31;3-2(4,5)1(6)7/h3-6,17-19,22H,7-16,21H2,1-2H3,(H,34,35);(H,6,7). The van der Waals surface area contributed by atoms with E-state index in [4.69, 9.17) is 19.7 Å². The Kier molecular flexibility index (Phi) is 10.4. The highest BCUT2D eigenvalue weighted by atomic mass is 32.2. The van der Waals surface area contributed by atoms with Gasteiger partial charge in [-0.2, -0.15) is 18.4 Å². The summed E-state index contributed by atoms with van der Waals surface area (Å²) >= 11 is 0. The maximum absolute atomic E-state index is 14.8. The molecule has 2 aromatic carbocycles. The van der Waals surface area contributed by atoms with E-state index in [-0.39, 0.29) is 28.6 Å². The predicted octanol–water partition coefficient (Wildman–Crippen LogP) is 5.10. The molecular weight excluding hydrogens is 668 g/mol. The summed E-state index contributed by atoms with van der Waals surface area (Å²) in [5.74, 6) is -1.81. The van der Waals surface area contributed by atoms with Crippen LogP contribution in [0.25, 0.3) is 16.9 Å². The molecule has 0 saturated carbocycles. The number of nitrogens with one attached hydrogen (secondary N) is 1. The summed E-state index contributed by atoms with van der Waals surface area (Å²) < 4.78 is 78.6. The average Bonchev–Trinajstić information content (AvgIpc) is 3.48. The van der Waals surface area contributed by atoms with Crippen molar-refractivity contribution in [2.75, 3.05) is 61.0 Å². The molecule has 2 N–H and O–H groups in total. The normalized spacial score (nSPS) is 21.4. The zero-order chi connectivity index (χ0) is 35.6. The maximum Gasteiger partial charge on any atom is 0.490 e. The van der Waals surface area contributed by atoms with Crippen molar-refractivity contribution in [1.82, 2.24) is 14.7 Å². The van der Waals surface area contributed by atoms with Gasteiger partial charge in [-0.25, -0.2) is 22.3 Å².